The molecule has 0 amide bonds. The van der Waals surface area contributed by atoms with E-state index < -0.39 is 0 Å². The summed E-state index contributed by atoms with van der Waals surface area (Å²) in [6, 6.07) is 60.1. The van der Waals surface area contributed by atoms with E-state index >= 15 is 0 Å². The standard InChI is InChI=1S/C40H33N.C7H9N/c1-3-4-7-19-35-29-39(41(2)36-21-14-20-34(28-36)31-17-10-6-11-18-31)40(38-23-13-12-22-37(35)38)33-26-24-32(25-27-33)30-15-8-5-9-16-30;1-8-7-5-3-2-4-6-7/h3-29H,1-2H3;2-6,8H,1H3/b4-3-,19-7-;. The summed E-state index contributed by atoms with van der Waals surface area (Å²) in [5.74, 6) is 0. The van der Waals surface area contributed by atoms with Gasteiger partial charge in [0, 0.05) is 36.7 Å². The van der Waals surface area contributed by atoms with Crippen molar-refractivity contribution >= 4 is 33.9 Å². The molecule has 0 unspecified atom stereocenters. The van der Waals surface area contributed by atoms with Gasteiger partial charge in [-0.05, 0) is 81.4 Å². The number of rotatable bonds is 8. The van der Waals surface area contributed by atoms with Crippen LogP contribution in [-0.4, -0.2) is 14.1 Å². The van der Waals surface area contributed by atoms with Gasteiger partial charge in [-0.2, -0.15) is 0 Å². The second kappa shape index (κ2) is 16.1. The van der Waals surface area contributed by atoms with Crippen molar-refractivity contribution in [2.45, 2.75) is 6.92 Å². The van der Waals surface area contributed by atoms with Gasteiger partial charge in [0.2, 0.25) is 0 Å². The largest absolute Gasteiger partial charge is 0.388 e. The summed E-state index contributed by atoms with van der Waals surface area (Å²) in [4.78, 5) is 2.33. The monoisotopic (exact) mass is 634 g/mol. The molecule has 0 fully saturated rings. The quantitative estimate of drug-likeness (QED) is 0.167. The smallest absolute Gasteiger partial charge is 0.0500 e. The Balaban J connectivity index is 0.000000459. The second-order valence-electron chi connectivity index (χ2n) is 11.8. The Labute approximate surface area is 291 Å². The van der Waals surface area contributed by atoms with Crippen LogP contribution in [0.4, 0.5) is 17.1 Å². The first-order valence-electron chi connectivity index (χ1n) is 16.8. The molecular formula is C47H42N2. The number of nitrogens with one attached hydrogen (secondary N) is 1. The fourth-order valence-corrected chi connectivity index (χ4v) is 6.09. The summed E-state index contributed by atoms with van der Waals surface area (Å²) in [6.45, 7) is 2.05. The van der Waals surface area contributed by atoms with Gasteiger partial charge in [-0.1, -0.05) is 164 Å². The third-order valence-corrected chi connectivity index (χ3v) is 8.68. The first kappa shape index (κ1) is 32.8. The van der Waals surface area contributed by atoms with Gasteiger partial charge < -0.3 is 10.2 Å². The van der Waals surface area contributed by atoms with E-state index in [4.69, 9.17) is 0 Å². The Morgan fingerprint density at radius 3 is 1.63 bits per heavy atom. The number of allylic oxidation sites excluding steroid dienone is 3. The predicted octanol–water partition coefficient (Wildman–Crippen LogP) is 12.9. The number of fused-ring (bicyclic) bond motifs is 1. The predicted molar refractivity (Wildman–Crippen MR) is 215 cm³/mol. The molecule has 0 bridgehead atoms. The van der Waals surface area contributed by atoms with Crippen LogP contribution in [0.5, 0.6) is 0 Å². The molecule has 49 heavy (non-hydrogen) atoms. The lowest BCUT2D eigenvalue weighted by atomic mass is 9.91. The molecule has 0 aliphatic carbocycles. The first-order valence-corrected chi connectivity index (χ1v) is 16.8. The lowest BCUT2D eigenvalue weighted by Crippen LogP contribution is -2.11. The van der Waals surface area contributed by atoms with Crippen molar-refractivity contribution in [3.8, 4) is 33.4 Å². The Morgan fingerprint density at radius 1 is 0.490 bits per heavy atom. The SMILES string of the molecule is C/C=C\C=C/c1cc(N(C)c2cccc(-c3ccccc3)c2)c(-c2ccc(-c3ccccc3)cc2)c2ccccc12.CNc1ccccc1. The molecule has 7 aromatic rings. The maximum atomic E-state index is 3.03. The van der Waals surface area contributed by atoms with Crippen LogP contribution in [0.15, 0.2) is 188 Å². The molecule has 0 radical (unpaired) electrons. The molecule has 1 N–H and O–H groups in total. The van der Waals surface area contributed by atoms with E-state index in [-0.39, 0.29) is 0 Å². The Kier molecular flexibility index (Phi) is 10.8. The van der Waals surface area contributed by atoms with Gasteiger partial charge >= 0.3 is 0 Å². The fraction of sp³-hybridized carbons (Fsp3) is 0.0638. The molecule has 240 valence electrons. The van der Waals surface area contributed by atoms with E-state index in [1.807, 2.05) is 44.3 Å². The van der Waals surface area contributed by atoms with Gasteiger partial charge in [0.15, 0.2) is 0 Å². The van der Waals surface area contributed by atoms with Crippen LogP contribution in [0.25, 0.3) is 50.2 Å². The Bertz CT molecular complexity index is 2150. The minimum absolute atomic E-state index is 1.15. The molecule has 0 saturated heterocycles. The molecule has 2 heteroatoms. The molecule has 0 spiro atoms. The summed E-state index contributed by atoms with van der Waals surface area (Å²) < 4.78 is 0. The average molecular weight is 635 g/mol. The van der Waals surface area contributed by atoms with Crippen molar-refractivity contribution in [1.82, 2.24) is 0 Å². The van der Waals surface area contributed by atoms with E-state index in [2.05, 4.69) is 181 Å². The lowest BCUT2D eigenvalue weighted by Gasteiger charge is -2.26. The van der Waals surface area contributed by atoms with Gasteiger partial charge in [-0.25, -0.2) is 0 Å². The number of hydrogen-bond acceptors (Lipinski definition) is 2. The van der Waals surface area contributed by atoms with E-state index in [1.165, 1.54) is 55.4 Å². The maximum absolute atomic E-state index is 3.03. The van der Waals surface area contributed by atoms with Crippen LogP contribution in [0.2, 0.25) is 0 Å². The first-order chi connectivity index (χ1) is 24.2. The van der Waals surface area contributed by atoms with Gasteiger partial charge in [0.1, 0.15) is 0 Å². The highest BCUT2D eigenvalue weighted by atomic mass is 15.1. The van der Waals surface area contributed by atoms with E-state index in [0.29, 0.717) is 0 Å². The third-order valence-electron chi connectivity index (χ3n) is 8.68. The van der Waals surface area contributed by atoms with Gasteiger partial charge in [0.05, 0.1) is 0 Å². The molecule has 0 atom stereocenters. The third kappa shape index (κ3) is 7.89. The minimum Gasteiger partial charge on any atom is -0.388 e. The topological polar surface area (TPSA) is 15.3 Å². The summed E-state index contributed by atoms with van der Waals surface area (Å²) in [5, 5.41) is 5.51. The fourth-order valence-electron chi connectivity index (χ4n) is 6.09. The maximum Gasteiger partial charge on any atom is 0.0500 e. The highest BCUT2D eigenvalue weighted by Gasteiger charge is 2.18. The molecule has 0 saturated carbocycles. The van der Waals surface area contributed by atoms with Crippen molar-refractivity contribution in [3.63, 3.8) is 0 Å². The second-order valence-corrected chi connectivity index (χ2v) is 11.8. The minimum atomic E-state index is 1.15. The molecule has 0 aromatic heterocycles. The van der Waals surface area contributed by atoms with Gasteiger partial charge in [0.25, 0.3) is 0 Å². The van der Waals surface area contributed by atoms with Crippen molar-refractivity contribution in [2.75, 3.05) is 24.3 Å². The lowest BCUT2D eigenvalue weighted by molar-refractivity contribution is 1.21. The molecule has 0 aliphatic rings. The van der Waals surface area contributed by atoms with Crippen molar-refractivity contribution in [3.05, 3.63) is 194 Å². The molecule has 2 nitrogen and oxygen atoms in total. The molecule has 7 rings (SSSR count). The zero-order valence-electron chi connectivity index (χ0n) is 28.4. The zero-order chi connectivity index (χ0) is 33.8. The normalized spacial score (nSPS) is 11.0. The van der Waals surface area contributed by atoms with Crippen LogP contribution in [-0.2, 0) is 0 Å². The van der Waals surface area contributed by atoms with E-state index in [9.17, 15) is 0 Å². The van der Waals surface area contributed by atoms with Crippen molar-refractivity contribution < 1.29 is 0 Å². The number of hydrogen-bond donors (Lipinski definition) is 1. The van der Waals surface area contributed by atoms with Gasteiger partial charge in [-0.15, -0.1) is 0 Å². The van der Waals surface area contributed by atoms with Crippen molar-refractivity contribution in [2.24, 2.45) is 0 Å². The number of anilines is 3. The summed E-state index contributed by atoms with van der Waals surface area (Å²) in [5.41, 5.74) is 12.0. The Hall–Kier alpha value is -6.12. The van der Waals surface area contributed by atoms with Crippen molar-refractivity contribution in [1.29, 1.82) is 0 Å². The highest BCUT2D eigenvalue weighted by molar-refractivity contribution is 6.07. The number of nitrogens with zero attached hydrogens (tertiary/aromatic N) is 1. The molecule has 0 heterocycles. The zero-order valence-corrected chi connectivity index (χ0v) is 28.4. The molecule has 0 aliphatic heterocycles. The van der Waals surface area contributed by atoms with E-state index in [1.54, 1.807) is 0 Å². The highest BCUT2D eigenvalue weighted by Crippen LogP contribution is 2.43. The van der Waals surface area contributed by atoms with Gasteiger partial charge in [-0.3, -0.25) is 0 Å². The summed E-state index contributed by atoms with van der Waals surface area (Å²) in [7, 11) is 4.09. The number of benzene rings is 7. The molecule has 7 aromatic carbocycles. The van der Waals surface area contributed by atoms with Crippen LogP contribution in [0.1, 0.15) is 12.5 Å². The van der Waals surface area contributed by atoms with Crippen LogP contribution < -0.4 is 10.2 Å². The summed E-state index contributed by atoms with van der Waals surface area (Å²) >= 11 is 0. The average Bonchev–Trinajstić information content (AvgIpc) is 3.19. The van der Waals surface area contributed by atoms with E-state index in [0.717, 1.165) is 11.4 Å². The van der Waals surface area contributed by atoms with Crippen LogP contribution >= 0.6 is 0 Å². The van der Waals surface area contributed by atoms with Crippen LogP contribution in [0, 0.1) is 0 Å². The molecular weight excluding hydrogens is 593 g/mol. The number of para-hydroxylation sites is 1. The summed E-state index contributed by atoms with van der Waals surface area (Å²) in [6.07, 6.45) is 8.47. The van der Waals surface area contributed by atoms with Crippen LogP contribution in [0.3, 0.4) is 0 Å². The Morgan fingerprint density at radius 2 is 1.02 bits per heavy atom.